The SMILES string of the molecule is c1ccc(-c2nc(-c3ccccc3)nc(-c3ccc4c(c3)oc3cc(-n5c6ccccc6c6c5ccc5c7ccccc7n(-c7ccccc7)c56)ccc34)n2)cc1. The van der Waals surface area contributed by atoms with Gasteiger partial charge in [0.2, 0.25) is 0 Å². The van der Waals surface area contributed by atoms with Gasteiger partial charge in [0, 0.05) is 66.4 Å². The van der Waals surface area contributed by atoms with E-state index in [0.29, 0.717) is 17.5 Å². The lowest BCUT2D eigenvalue weighted by Gasteiger charge is -2.10. The predicted octanol–water partition coefficient (Wildman–Crippen LogP) is 13.0. The molecule has 6 heteroatoms. The molecule has 0 radical (unpaired) electrons. The van der Waals surface area contributed by atoms with Crippen LogP contribution >= 0.6 is 0 Å². The molecule has 4 heterocycles. The van der Waals surface area contributed by atoms with Gasteiger partial charge in [0.15, 0.2) is 17.5 Å². The molecule has 0 fully saturated rings. The van der Waals surface area contributed by atoms with Crippen LogP contribution in [0.1, 0.15) is 0 Å². The summed E-state index contributed by atoms with van der Waals surface area (Å²) >= 11 is 0. The summed E-state index contributed by atoms with van der Waals surface area (Å²) in [6, 6.07) is 65.5. The fourth-order valence-corrected chi connectivity index (χ4v) is 8.61. The van der Waals surface area contributed by atoms with Crippen LogP contribution in [-0.2, 0) is 0 Å². The molecule has 0 bridgehead atoms. The molecule has 8 aromatic carbocycles. The largest absolute Gasteiger partial charge is 0.456 e. The predicted molar refractivity (Wildman–Crippen MR) is 232 cm³/mol. The Morgan fingerprint density at radius 2 is 0.860 bits per heavy atom. The van der Waals surface area contributed by atoms with Gasteiger partial charge in [-0.15, -0.1) is 0 Å². The third kappa shape index (κ3) is 4.87. The van der Waals surface area contributed by atoms with Gasteiger partial charge in [-0.1, -0.05) is 127 Å². The van der Waals surface area contributed by atoms with Crippen molar-refractivity contribution in [2.45, 2.75) is 0 Å². The van der Waals surface area contributed by atoms with E-state index in [2.05, 4.69) is 130 Å². The van der Waals surface area contributed by atoms with E-state index >= 15 is 0 Å². The Hall–Kier alpha value is -7.83. The van der Waals surface area contributed by atoms with Crippen molar-refractivity contribution in [3.63, 3.8) is 0 Å². The van der Waals surface area contributed by atoms with Crippen molar-refractivity contribution in [2.24, 2.45) is 0 Å². The molecule has 12 aromatic rings. The van der Waals surface area contributed by atoms with E-state index in [1.165, 1.54) is 32.6 Å². The van der Waals surface area contributed by atoms with Crippen molar-refractivity contribution in [1.29, 1.82) is 0 Å². The quantitative estimate of drug-likeness (QED) is 0.177. The lowest BCUT2D eigenvalue weighted by molar-refractivity contribution is 0.668. The number of fused-ring (bicyclic) bond motifs is 10. The highest BCUT2D eigenvalue weighted by Gasteiger charge is 2.21. The highest BCUT2D eigenvalue weighted by Crippen LogP contribution is 2.43. The summed E-state index contributed by atoms with van der Waals surface area (Å²) in [6.45, 7) is 0. The first kappa shape index (κ1) is 31.5. The molecule has 0 saturated carbocycles. The zero-order valence-electron chi connectivity index (χ0n) is 30.5. The summed E-state index contributed by atoms with van der Waals surface area (Å²) in [5, 5.41) is 6.99. The minimum atomic E-state index is 0.593. The summed E-state index contributed by atoms with van der Waals surface area (Å²) in [7, 11) is 0. The number of hydrogen-bond acceptors (Lipinski definition) is 4. The fourth-order valence-electron chi connectivity index (χ4n) is 8.61. The first-order valence-electron chi connectivity index (χ1n) is 19.1. The number of para-hydroxylation sites is 3. The molecular formula is C51H31N5O. The van der Waals surface area contributed by atoms with Crippen molar-refractivity contribution in [3.8, 4) is 45.5 Å². The Morgan fingerprint density at radius 3 is 1.54 bits per heavy atom. The van der Waals surface area contributed by atoms with E-state index in [1.807, 2.05) is 66.7 Å². The first-order chi connectivity index (χ1) is 28.3. The maximum absolute atomic E-state index is 6.71. The number of furan rings is 1. The Morgan fingerprint density at radius 1 is 0.333 bits per heavy atom. The summed E-state index contributed by atoms with van der Waals surface area (Å²) in [6.07, 6.45) is 0. The number of nitrogens with zero attached hydrogens (tertiary/aromatic N) is 5. The number of rotatable bonds is 5. The van der Waals surface area contributed by atoms with Crippen LogP contribution in [0.25, 0.3) is 111 Å². The van der Waals surface area contributed by atoms with E-state index < -0.39 is 0 Å². The minimum absolute atomic E-state index is 0.593. The molecule has 0 atom stereocenters. The maximum atomic E-state index is 6.71. The van der Waals surface area contributed by atoms with E-state index in [-0.39, 0.29) is 0 Å². The van der Waals surface area contributed by atoms with Crippen LogP contribution in [0.3, 0.4) is 0 Å². The highest BCUT2D eigenvalue weighted by molar-refractivity contribution is 6.26. The Bertz CT molecular complexity index is 3450. The summed E-state index contributed by atoms with van der Waals surface area (Å²) < 4.78 is 11.5. The van der Waals surface area contributed by atoms with Crippen LogP contribution in [0.15, 0.2) is 192 Å². The Kier molecular flexibility index (Phi) is 6.83. The van der Waals surface area contributed by atoms with Crippen molar-refractivity contribution < 1.29 is 4.42 Å². The van der Waals surface area contributed by atoms with E-state index in [0.717, 1.165) is 61.0 Å². The lowest BCUT2D eigenvalue weighted by Crippen LogP contribution is -2.00. The molecule has 0 spiro atoms. The van der Waals surface area contributed by atoms with Crippen LogP contribution in [0.4, 0.5) is 0 Å². The van der Waals surface area contributed by atoms with Crippen LogP contribution in [0.5, 0.6) is 0 Å². The smallest absolute Gasteiger partial charge is 0.164 e. The van der Waals surface area contributed by atoms with Gasteiger partial charge >= 0.3 is 0 Å². The second-order valence-electron chi connectivity index (χ2n) is 14.4. The zero-order valence-corrected chi connectivity index (χ0v) is 30.5. The molecule has 57 heavy (non-hydrogen) atoms. The van der Waals surface area contributed by atoms with E-state index in [4.69, 9.17) is 19.4 Å². The molecule has 0 aliphatic rings. The van der Waals surface area contributed by atoms with Gasteiger partial charge in [0.05, 0.1) is 22.1 Å². The molecule has 0 amide bonds. The third-order valence-corrected chi connectivity index (χ3v) is 11.2. The fraction of sp³-hybridized carbons (Fsp3) is 0. The van der Waals surface area contributed by atoms with Crippen LogP contribution in [0, 0.1) is 0 Å². The number of aromatic nitrogens is 5. The molecule has 4 aromatic heterocycles. The topological polar surface area (TPSA) is 61.7 Å². The van der Waals surface area contributed by atoms with Crippen molar-refractivity contribution >= 4 is 65.6 Å². The lowest BCUT2D eigenvalue weighted by atomic mass is 10.1. The second kappa shape index (κ2) is 12.3. The molecule has 6 nitrogen and oxygen atoms in total. The maximum Gasteiger partial charge on any atom is 0.164 e. The average Bonchev–Trinajstić information content (AvgIpc) is 3.94. The van der Waals surface area contributed by atoms with Gasteiger partial charge < -0.3 is 13.6 Å². The molecule has 0 aliphatic carbocycles. The molecule has 0 saturated heterocycles. The molecule has 12 rings (SSSR count). The van der Waals surface area contributed by atoms with Crippen molar-refractivity contribution in [1.82, 2.24) is 24.1 Å². The molecule has 266 valence electrons. The van der Waals surface area contributed by atoms with Crippen molar-refractivity contribution in [3.05, 3.63) is 188 Å². The first-order valence-corrected chi connectivity index (χ1v) is 19.1. The highest BCUT2D eigenvalue weighted by atomic mass is 16.3. The normalized spacial score (nSPS) is 11.9. The monoisotopic (exact) mass is 729 g/mol. The van der Waals surface area contributed by atoms with Gasteiger partial charge in [0.25, 0.3) is 0 Å². The van der Waals surface area contributed by atoms with Gasteiger partial charge in [-0.2, -0.15) is 0 Å². The number of benzene rings is 8. The van der Waals surface area contributed by atoms with E-state index in [9.17, 15) is 0 Å². The van der Waals surface area contributed by atoms with Crippen LogP contribution in [-0.4, -0.2) is 24.1 Å². The standard InChI is InChI=1S/C51H31N5O/c1-4-14-32(15-5-1)49-52-50(33-16-6-2-7-17-33)54-51(53-49)34-24-26-38-39-27-25-36(31-46(39)57-45(38)30-34)55-43-23-13-11-21-41(43)47-44(55)29-28-40-37-20-10-12-22-42(37)56(48(40)47)35-18-8-3-9-19-35/h1-31H. The van der Waals surface area contributed by atoms with E-state index in [1.54, 1.807) is 0 Å². The third-order valence-electron chi connectivity index (χ3n) is 11.2. The van der Waals surface area contributed by atoms with Crippen LogP contribution < -0.4 is 0 Å². The zero-order chi connectivity index (χ0) is 37.5. The average molecular weight is 730 g/mol. The Balaban J connectivity index is 1.04. The molecule has 0 aliphatic heterocycles. The van der Waals surface area contributed by atoms with Gasteiger partial charge in [0.1, 0.15) is 11.2 Å². The molecular weight excluding hydrogens is 699 g/mol. The second-order valence-corrected chi connectivity index (χ2v) is 14.4. The summed E-state index contributed by atoms with van der Waals surface area (Å²) in [4.78, 5) is 14.8. The summed E-state index contributed by atoms with van der Waals surface area (Å²) in [5.41, 5.74) is 11.2. The van der Waals surface area contributed by atoms with Gasteiger partial charge in [-0.3, -0.25) is 0 Å². The number of hydrogen-bond donors (Lipinski definition) is 0. The molecule has 0 unspecified atom stereocenters. The van der Waals surface area contributed by atoms with Gasteiger partial charge in [-0.25, -0.2) is 15.0 Å². The van der Waals surface area contributed by atoms with Crippen LogP contribution in [0.2, 0.25) is 0 Å². The van der Waals surface area contributed by atoms with Gasteiger partial charge in [-0.05, 0) is 54.6 Å². The molecule has 0 N–H and O–H groups in total. The van der Waals surface area contributed by atoms with Crippen molar-refractivity contribution in [2.75, 3.05) is 0 Å². The minimum Gasteiger partial charge on any atom is -0.456 e. The Labute approximate surface area is 326 Å². The summed E-state index contributed by atoms with van der Waals surface area (Å²) in [5.74, 6) is 1.85.